The number of carbonyl (C=O) groups excluding carboxylic acids is 2. The lowest BCUT2D eigenvalue weighted by Crippen LogP contribution is -2.46. The number of likely N-dealkylation sites (N-methyl/N-ethyl adjacent to an activating group) is 1. The SMILES string of the molecule is CNC(=O)[C@@H]1C[C@H](N)CN1C(=O)Cn1c(C2CC2)nc2ccccc21. The largest absolute Gasteiger partial charge is 0.357 e. The number of nitrogens with zero attached hydrogens (tertiary/aromatic N) is 3. The predicted octanol–water partition coefficient (Wildman–Crippen LogP) is 0.588. The Morgan fingerprint density at radius 1 is 1.32 bits per heavy atom. The fraction of sp³-hybridized carbons (Fsp3) is 0.500. The standard InChI is InChI=1S/C18H23N5O2/c1-20-18(25)15-8-12(19)9-22(15)16(24)10-23-14-5-3-2-4-13(14)21-17(23)11-6-7-11/h2-5,11-12,15H,6-10,19H2,1H3,(H,20,25)/t12-,15-/m0/s1. The summed E-state index contributed by atoms with van der Waals surface area (Å²) in [6.07, 6.45) is 2.74. The van der Waals surface area contributed by atoms with Crippen molar-refractivity contribution in [3.63, 3.8) is 0 Å². The van der Waals surface area contributed by atoms with Gasteiger partial charge < -0.3 is 20.5 Å². The van der Waals surface area contributed by atoms with Crippen LogP contribution in [0.4, 0.5) is 0 Å². The Balaban J connectivity index is 1.63. The summed E-state index contributed by atoms with van der Waals surface area (Å²) < 4.78 is 2.01. The van der Waals surface area contributed by atoms with Gasteiger partial charge in [0.05, 0.1) is 11.0 Å². The number of aromatic nitrogens is 2. The van der Waals surface area contributed by atoms with Crippen molar-refractivity contribution in [2.24, 2.45) is 5.73 Å². The van der Waals surface area contributed by atoms with Crippen LogP contribution in [0.1, 0.15) is 31.0 Å². The molecule has 2 aliphatic rings. The zero-order chi connectivity index (χ0) is 17.6. The van der Waals surface area contributed by atoms with E-state index in [4.69, 9.17) is 10.7 Å². The highest BCUT2D eigenvalue weighted by molar-refractivity contribution is 5.89. The monoisotopic (exact) mass is 341 g/mol. The normalized spacial score (nSPS) is 23.2. The molecule has 2 atom stereocenters. The van der Waals surface area contributed by atoms with Gasteiger partial charge in [-0.15, -0.1) is 0 Å². The molecule has 2 aromatic rings. The van der Waals surface area contributed by atoms with Crippen LogP contribution in [0.15, 0.2) is 24.3 Å². The molecule has 7 nitrogen and oxygen atoms in total. The Labute approximate surface area is 146 Å². The molecule has 7 heteroatoms. The van der Waals surface area contributed by atoms with E-state index in [1.807, 2.05) is 28.8 Å². The van der Waals surface area contributed by atoms with E-state index in [2.05, 4.69) is 5.32 Å². The Kier molecular flexibility index (Phi) is 3.95. The minimum Gasteiger partial charge on any atom is -0.357 e. The fourth-order valence-corrected chi connectivity index (χ4v) is 3.70. The lowest BCUT2D eigenvalue weighted by Gasteiger charge is -2.24. The number of hydrogen-bond donors (Lipinski definition) is 2. The van der Waals surface area contributed by atoms with Crippen LogP contribution in [0, 0.1) is 0 Å². The number of rotatable bonds is 4. The summed E-state index contributed by atoms with van der Waals surface area (Å²) in [5, 5.41) is 2.63. The molecule has 25 heavy (non-hydrogen) atoms. The second kappa shape index (κ2) is 6.15. The van der Waals surface area contributed by atoms with Crippen molar-refractivity contribution in [3.8, 4) is 0 Å². The Hall–Kier alpha value is -2.41. The van der Waals surface area contributed by atoms with Crippen molar-refractivity contribution in [2.45, 2.75) is 43.8 Å². The van der Waals surface area contributed by atoms with Crippen LogP contribution in [-0.4, -0.2) is 51.9 Å². The van der Waals surface area contributed by atoms with Gasteiger partial charge in [0.25, 0.3) is 0 Å². The first-order valence-corrected chi connectivity index (χ1v) is 8.80. The van der Waals surface area contributed by atoms with E-state index in [0.29, 0.717) is 18.9 Å². The number of fused-ring (bicyclic) bond motifs is 1. The summed E-state index contributed by atoms with van der Waals surface area (Å²) in [5.74, 6) is 1.19. The van der Waals surface area contributed by atoms with E-state index in [1.54, 1.807) is 11.9 Å². The third-order valence-electron chi connectivity index (χ3n) is 5.12. The van der Waals surface area contributed by atoms with Gasteiger partial charge in [0.15, 0.2) is 0 Å². The molecular formula is C18H23N5O2. The van der Waals surface area contributed by atoms with Gasteiger partial charge in [-0.2, -0.15) is 0 Å². The van der Waals surface area contributed by atoms with Crippen molar-refractivity contribution in [2.75, 3.05) is 13.6 Å². The molecule has 1 aromatic heterocycles. The van der Waals surface area contributed by atoms with Crippen molar-refractivity contribution in [3.05, 3.63) is 30.1 Å². The number of hydrogen-bond acceptors (Lipinski definition) is 4. The third-order valence-corrected chi connectivity index (χ3v) is 5.12. The van der Waals surface area contributed by atoms with Crippen LogP contribution in [0.2, 0.25) is 0 Å². The molecule has 1 aromatic carbocycles. The van der Waals surface area contributed by atoms with Gasteiger partial charge in [0.1, 0.15) is 18.4 Å². The lowest BCUT2D eigenvalue weighted by molar-refractivity contribution is -0.138. The first kappa shape index (κ1) is 16.1. The maximum absolute atomic E-state index is 13.0. The summed E-state index contributed by atoms with van der Waals surface area (Å²) in [5.41, 5.74) is 7.89. The van der Waals surface area contributed by atoms with Crippen molar-refractivity contribution >= 4 is 22.8 Å². The number of likely N-dealkylation sites (tertiary alicyclic amines) is 1. The van der Waals surface area contributed by atoms with Crippen molar-refractivity contribution in [1.82, 2.24) is 19.8 Å². The van der Waals surface area contributed by atoms with Crippen molar-refractivity contribution < 1.29 is 9.59 Å². The average Bonchev–Trinajstić information content (AvgIpc) is 3.29. The van der Waals surface area contributed by atoms with E-state index in [1.165, 1.54) is 0 Å². The molecule has 4 rings (SSSR count). The van der Waals surface area contributed by atoms with Gasteiger partial charge in [0, 0.05) is 25.6 Å². The molecule has 2 fully saturated rings. The van der Waals surface area contributed by atoms with E-state index in [-0.39, 0.29) is 24.4 Å². The number of carbonyl (C=O) groups is 2. The van der Waals surface area contributed by atoms with Gasteiger partial charge in [-0.3, -0.25) is 9.59 Å². The van der Waals surface area contributed by atoms with E-state index < -0.39 is 6.04 Å². The van der Waals surface area contributed by atoms with E-state index >= 15 is 0 Å². The van der Waals surface area contributed by atoms with Crippen LogP contribution in [-0.2, 0) is 16.1 Å². The zero-order valence-electron chi connectivity index (χ0n) is 14.3. The number of benzene rings is 1. The van der Waals surface area contributed by atoms with Crippen LogP contribution >= 0.6 is 0 Å². The summed E-state index contributed by atoms with van der Waals surface area (Å²) in [6, 6.07) is 7.25. The maximum Gasteiger partial charge on any atom is 0.243 e. The highest BCUT2D eigenvalue weighted by Crippen LogP contribution is 2.40. The second-order valence-electron chi connectivity index (χ2n) is 6.99. The van der Waals surface area contributed by atoms with Crippen LogP contribution in [0.25, 0.3) is 11.0 Å². The second-order valence-corrected chi connectivity index (χ2v) is 6.99. The molecular weight excluding hydrogens is 318 g/mol. The molecule has 3 N–H and O–H groups in total. The van der Waals surface area contributed by atoms with Gasteiger partial charge in [0.2, 0.25) is 11.8 Å². The molecule has 1 aliphatic carbocycles. The molecule has 1 saturated carbocycles. The predicted molar refractivity (Wildman–Crippen MR) is 93.9 cm³/mol. The van der Waals surface area contributed by atoms with Crippen LogP contribution in [0.5, 0.6) is 0 Å². The van der Waals surface area contributed by atoms with Crippen LogP contribution < -0.4 is 11.1 Å². The maximum atomic E-state index is 13.0. The molecule has 1 aliphatic heterocycles. The quantitative estimate of drug-likeness (QED) is 0.851. The van der Waals surface area contributed by atoms with E-state index in [0.717, 1.165) is 29.7 Å². The molecule has 0 radical (unpaired) electrons. The minimum absolute atomic E-state index is 0.0772. The average molecular weight is 341 g/mol. The summed E-state index contributed by atoms with van der Waals surface area (Å²) >= 11 is 0. The number of nitrogens with one attached hydrogen (secondary N) is 1. The number of nitrogens with two attached hydrogens (primary N) is 1. The van der Waals surface area contributed by atoms with Gasteiger partial charge >= 0.3 is 0 Å². The Morgan fingerprint density at radius 2 is 2.08 bits per heavy atom. The fourth-order valence-electron chi connectivity index (χ4n) is 3.70. The van der Waals surface area contributed by atoms with Crippen molar-refractivity contribution in [1.29, 1.82) is 0 Å². The minimum atomic E-state index is -0.480. The highest BCUT2D eigenvalue weighted by atomic mass is 16.2. The Bertz CT molecular complexity index is 826. The summed E-state index contributed by atoms with van der Waals surface area (Å²) in [7, 11) is 1.59. The molecule has 0 unspecified atom stereocenters. The first-order valence-electron chi connectivity index (χ1n) is 8.80. The molecule has 1 saturated heterocycles. The number of para-hydroxylation sites is 2. The Morgan fingerprint density at radius 3 is 2.80 bits per heavy atom. The molecule has 2 amide bonds. The molecule has 2 heterocycles. The highest BCUT2D eigenvalue weighted by Gasteiger charge is 2.38. The van der Waals surface area contributed by atoms with Crippen LogP contribution in [0.3, 0.4) is 0 Å². The topological polar surface area (TPSA) is 93.3 Å². The lowest BCUT2D eigenvalue weighted by atomic mass is 10.1. The van der Waals surface area contributed by atoms with E-state index in [9.17, 15) is 9.59 Å². The smallest absolute Gasteiger partial charge is 0.243 e. The zero-order valence-corrected chi connectivity index (χ0v) is 14.3. The summed E-state index contributed by atoms with van der Waals surface area (Å²) in [4.78, 5) is 31.4. The van der Waals surface area contributed by atoms with Gasteiger partial charge in [-0.1, -0.05) is 12.1 Å². The third kappa shape index (κ3) is 2.89. The van der Waals surface area contributed by atoms with Gasteiger partial charge in [-0.05, 0) is 31.4 Å². The molecule has 132 valence electrons. The first-order chi connectivity index (χ1) is 12.1. The molecule has 0 bridgehead atoms. The number of amides is 2. The summed E-state index contributed by atoms with van der Waals surface area (Å²) in [6.45, 7) is 0.620. The molecule has 0 spiro atoms. The van der Waals surface area contributed by atoms with Gasteiger partial charge in [-0.25, -0.2) is 4.98 Å². The number of imidazole rings is 1.